The van der Waals surface area contributed by atoms with Gasteiger partial charge in [0.25, 0.3) is 11.8 Å². The highest BCUT2D eigenvalue weighted by Crippen LogP contribution is 2.03. The molecule has 0 saturated heterocycles. The lowest BCUT2D eigenvalue weighted by Crippen LogP contribution is -2.35. The summed E-state index contributed by atoms with van der Waals surface area (Å²) in [7, 11) is 1.63. The number of nitrogens with zero attached hydrogens (tertiary/aromatic N) is 1. The van der Waals surface area contributed by atoms with E-state index in [2.05, 4.69) is 5.32 Å². The third-order valence-corrected chi connectivity index (χ3v) is 4.70. The Morgan fingerprint density at radius 3 is 1.35 bits per heavy atom. The zero-order chi connectivity index (χ0) is 26.8. The summed E-state index contributed by atoms with van der Waals surface area (Å²) in [6.45, 7) is 7.68. The Morgan fingerprint density at radius 1 is 0.622 bits per heavy atom. The van der Waals surface area contributed by atoms with Gasteiger partial charge in [-0.3, -0.25) is 19.3 Å². The van der Waals surface area contributed by atoms with Gasteiger partial charge >= 0.3 is 0 Å². The summed E-state index contributed by atoms with van der Waals surface area (Å²) < 4.78 is 42.5. The van der Waals surface area contributed by atoms with Crippen molar-refractivity contribution in [1.29, 1.82) is 0 Å². The minimum absolute atomic E-state index is 0.0591. The van der Waals surface area contributed by atoms with E-state index >= 15 is 0 Å². The summed E-state index contributed by atoms with van der Waals surface area (Å²) in [5.41, 5.74) is 0. The number of nitrogens with one attached hydrogen (secondary N) is 1. The maximum Gasteiger partial charge on any atom is 0.253 e. The number of amides is 3. The summed E-state index contributed by atoms with van der Waals surface area (Å²) in [6, 6.07) is 0. The fourth-order valence-corrected chi connectivity index (χ4v) is 2.78. The van der Waals surface area contributed by atoms with Crippen LogP contribution in [0.1, 0.15) is 6.42 Å². The Hall–Kier alpha value is -1.97. The summed E-state index contributed by atoms with van der Waals surface area (Å²) >= 11 is 0. The Kier molecular flexibility index (Phi) is 21.8. The summed E-state index contributed by atoms with van der Waals surface area (Å²) in [5.74, 6) is -1.03. The molecule has 1 heterocycles. The molecule has 37 heavy (non-hydrogen) atoms. The van der Waals surface area contributed by atoms with Crippen molar-refractivity contribution < 1.29 is 52.3 Å². The van der Waals surface area contributed by atoms with Crippen LogP contribution in [-0.2, 0) is 52.3 Å². The molecule has 3 amide bonds. The first-order valence-corrected chi connectivity index (χ1v) is 12.5. The van der Waals surface area contributed by atoms with Crippen LogP contribution in [0.15, 0.2) is 12.2 Å². The average Bonchev–Trinajstić information content (AvgIpc) is 3.22. The van der Waals surface area contributed by atoms with Gasteiger partial charge in [0, 0.05) is 38.8 Å². The number of methoxy groups -OCH3 is 1. The molecule has 1 aliphatic rings. The Labute approximate surface area is 218 Å². The van der Waals surface area contributed by atoms with Crippen molar-refractivity contribution >= 4 is 17.7 Å². The van der Waals surface area contributed by atoms with Crippen molar-refractivity contribution in [2.24, 2.45) is 0 Å². The van der Waals surface area contributed by atoms with Gasteiger partial charge in [-0.15, -0.1) is 0 Å². The van der Waals surface area contributed by atoms with Gasteiger partial charge < -0.3 is 43.2 Å². The largest absolute Gasteiger partial charge is 0.382 e. The number of imide groups is 1. The first kappa shape index (κ1) is 33.1. The molecular formula is C24H42N2O11. The van der Waals surface area contributed by atoms with E-state index in [1.165, 1.54) is 12.2 Å². The number of carbonyl (C=O) groups excluding carboxylic acids is 3. The van der Waals surface area contributed by atoms with Gasteiger partial charge in [-0.25, -0.2) is 0 Å². The van der Waals surface area contributed by atoms with Gasteiger partial charge in [0.2, 0.25) is 5.91 Å². The van der Waals surface area contributed by atoms with Gasteiger partial charge in [0.15, 0.2) is 0 Å². The van der Waals surface area contributed by atoms with Crippen molar-refractivity contribution in [3.8, 4) is 0 Å². The van der Waals surface area contributed by atoms with E-state index in [0.717, 1.165) is 4.90 Å². The third-order valence-electron chi connectivity index (χ3n) is 4.70. The van der Waals surface area contributed by atoms with Crippen LogP contribution < -0.4 is 5.32 Å². The van der Waals surface area contributed by atoms with Crippen LogP contribution in [0.25, 0.3) is 0 Å². The highest BCUT2D eigenvalue weighted by molar-refractivity contribution is 6.13. The topological polar surface area (TPSA) is 140 Å². The molecule has 0 unspecified atom stereocenters. The van der Waals surface area contributed by atoms with Crippen LogP contribution in [0.2, 0.25) is 0 Å². The van der Waals surface area contributed by atoms with E-state index < -0.39 is 11.8 Å². The maximum absolute atomic E-state index is 11.7. The molecule has 1 rings (SSSR count). The molecule has 0 saturated carbocycles. The molecule has 214 valence electrons. The molecule has 1 N–H and O–H groups in total. The smallest absolute Gasteiger partial charge is 0.253 e. The van der Waals surface area contributed by atoms with Crippen molar-refractivity contribution in [2.75, 3.05) is 119 Å². The van der Waals surface area contributed by atoms with E-state index in [4.69, 9.17) is 37.9 Å². The standard InChI is InChI=1S/C24H42N2O11/c1-30-8-9-32-12-13-34-16-17-36-20-21-37-19-18-35-15-14-33-11-10-31-7-5-25-22(27)4-6-26-23(28)2-3-24(26)29/h2-3H,4-21H2,1H3,(H,25,27). The van der Waals surface area contributed by atoms with E-state index in [0.29, 0.717) is 106 Å². The SMILES string of the molecule is COCCOCCOCCOCCOCCOCCOCCOCCNC(=O)CCN1C(=O)C=CC1=O. The van der Waals surface area contributed by atoms with Crippen molar-refractivity contribution in [1.82, 2.24) is 10.2 Å². The van der Waals surface area contributed by atoms with E-state index in [-0.39, 0.29) is 18.9 Å². The van der Waals surface area contributed by atoms with Crippen LogP contribution in [0.4, 0.5) is 0 Å². The second-order valence-corrected chi connectivity index (χ2v) is 7.54. The summed E-state index contributed by atoms with van der Waals surface area (Å²) in [4.78, 5) is 35.6. The Bertz CT molecular complexity index is 616. The Morgan fingerprint density at radius 2 is 0.973 bits per heavy atom. The quantitative estimate of drug-likeness (QED) is 0.104. The second kappa shape index (κ2) is 24.4. The predicted molar refractivity (Wildman–Crippen MR) is 131 cm³/mol. The van der Waals surface area contributed by atoms with Crippen LogP contribution in [0.3, 0.4) is 0 Å². The fourth-order valence-electron chi connectivity index (χ4n) is 2.78. The molecule has 13 heteroatoms. The highest BCUT2D eigenvalue weighted by atomic mass is 16.6. The highest BCUT2D eigenvalue weighted by Gasteiger charge is 2.23. The average molecular weight is 535 g/mol. The van der Waals surface area contributed by atoms with E-state index in [1.54, 1.807) is 7.11 Å². The normalized spacial score (nSPS) is 13.2. The molecule has 0 spiro atoms. The molecule has 1 aliphatic heterocycles. The fraction of sp³-hybridized carbons (Fsp3) is 0.792. The zero-order valence-electron chi connectivity index (χ0n) is 21.8. The minimum atomic E-state index is -0.393. The van der Waals surface area contributed by atoms with Crippen molar-refractivity contribution in [3.05, 3.63) is 12.2 Å². The molecule has 13 nitrogen and oxygen atoms in total. The molecule has 0 aromatic carbocycles. The first-order valence-electron chi connectivity index (χ1n) is 12.5. The van der Waals surface area contributed by atoms with E-state index in [9.17, 15) is 14.4 Å². The number of carbonyl (C=O) groups is 3. The molecule has 0 aromatic rings. The van der Waals surface area contributed by atoms with E-state index in [1.807, 2.05) is 0 Å². The zero-order valence-corrected chi connectivity index (χ0v) is 21.8. The van der Waals surface area contributed by atoms with Gasteiger partial charge in [-0.1, -0.05) is 0 Å². The maximum atomic E-state index is 11.7. The molecule has 0 aromatic heterocycles. The molecule has 0 atom stereocenters. The molecule has 0 aliphatic carbocycles. The second-order valence-electron chi connectivity index (χ2n) is 7.54. The molecule has 0 bridgehead atoms. The first-order chi connectivity index (χ1) is 18.1. The number of hydrogen-bond donors (Lipinski definition) is 1. The van der Waals surface area contributed by atoms with Crippen LogP contribution >= 0.6 is 0 Å². The summed E-state index contributed by atoms with van der Waals surface area (Å²) in [5, 5.41) is 2.67. The predicted octanol–water partition coefficient (Wildman–Crippen LogP) is -0.820. The van der Waals surface area contributed by atoms with Crippen molar-refractivity contribution in [2.45, 2.75) is 6.42 Å². The van der Waals surface area contributed by atoms with Crippen molar-refractivity contribution in [3.63, 3.8) is 0 Å². The monoisotopic (exact) mass is 534 g/mol. The minimum Gasteiger partial charge on any atom is -0.382 e. The number of ether oxygens (including phenoxy) is 8. The summed E-state index contributed by atoms with van der Waals surface area (Å²) in [6.07, 6.45) is 2.45. The van der Waals surface area contributed by atoms with Crippen LogP contribution in [0.5, 0.6) is 0 Å². The lowest BCUT2D eigenvalue weighted by Gasteiger charge is -2.13. The third kappa shape index (κ3) is 19.8. The number of rotatable bonds is 27. The number of hydrogen-bond acceptors (Lipinski definition) is 11. The molecular weight excluding hydrogens is 492 g/mol. The molecule has 0 radical (unpaired) electrons. The van der Waals surface area contributed by atoms with Gasteiger partial charge in [0.1, 0.15) is 0 Å². The lowest BCUT2D eigenvalue weighted by molar-refractivity contribution is -0.137. The molecule has 0 fully saturated rings. The van der Waals surface area contributed by atoms with Gasteiger partial charge in [-0.05, 0) is 0 Å². The van der Waals surface area contributed by atoms with Gasteiger partial charge in [0.05, 0.1) is 99.1 Å². The van der Waals surface area contributed by atoms with Gasteiger partial charge in [-0.2, -0.15) is 0 Å². The Balaban J connectivity index is 1.70. The van der Waals surface area contributed by atoms with Crippen LogP contribution in [0, 0.1) is 0 Å². The lowest BCUT2D eigenvalue weighted by atomic mass is 10.3. The van der Waals surface area contributed by atoms with Crippen LogP contribution in [-0.4, -0.2) is 142 Å².